The van der Waals surface area contributed by atoms with Gasteiger partial charge in [0.2, 0.25) is 11.9 Å². The van der Waals surface area contributed by atoms with Crippen molar-refractivity contribution in [3.63, 3.8) is 0 Å². The molecule has 0 spiro atoms. The van der Waals surface area contributed by atoms with Crippen LogP contribution in [0.5, 0.6) is 0 Å². The first kappa shape index (κ1) is 21.3. The van der Waals surface area contributed by atoms with Crippen LogP contribution in [0.25, 0.3) is 0 Å². The highest BCUT2D eigenvalue weighted by atomic mass is 35.5. The van der Waals surface area contributed by atoms with E-state index in [0.717, 1.165) is 49.9 Å². The molecule has 0 radical (unpaired) electrons. The van der Waals surface area contributed by atoms with Gasteiger partial charge in [-0.1, -0.05) is 0 Å². The molecular weight excluding hydrogens is 369 g/mol. The van der Waals surface area contributed by atoms with Gasteiger partial charge >= 0.3 is 0 Å². The van der Waals surface area contributed by atoms with Crippen LogP contribution in [-0.4, -0.2) is 59.1 Å². The smallest absolute Gasteiger partial charge is 0.225 e. The van der Waals surface area contributed by atoms with Crippen LogP contribution in [0.3, 0.4) is 0 Å². The average Bonchev–Trinajstić information content (AvgIpc) is 2.57. The Morgan fingerprint density at radius 2 is 2.17 bits per heavy atom. The lowest BCUT2D eigenvalue weighted by atomic mass is 10.1. The standard InChI is InChI=1S/C15H23N5OS.2ClH/c21-14(9-13-11-22-8-6-16-13)19-12-3-1-7-20(10-12)15-17-4-2-5-18-15;;/h2,4-5,12-13,16H,1,3,6-11H2,(H,19,21);2*1H. The van der Waals surface area contributed by atoms with Crippen molar-refractivity contribution < 1.29 is 4.79 Å². The molecule has 1 aromatic heterocycles. The molecule has 2 aliphatic rings. The lowest BCUT2D eigenvalue weighted by molar-refractivity contribution is -0.122. The predicted molar refractivity (Wildman–Crippen MR) is 104 cm³/mol. The highest BCUT2D eigenvalue weighted by molar-refractivity contribution is 7.99. The Balaban J connectivity index is 0.00000144. The van der Waals surface area contributed by atoms with E-state index in [2.05, 4.69) is 25.5 Å². The molecule has 2 N–H and O–H groups in total. The predicted octanol–water partition coefficient (Wildman–Crippen LogP) is 1.50. The van der Waals surface area contributed by atoms with E-state index in [1.807, 2.05) is 17.8 Å². The molecule has 1 aromatic rings. The second kappa shape index (κ2) is 11.0. The first-order valence-corrected chi connectivity index (χ1v) is 9.09. The molecule has 1 amide bonds. The molecule has 2 saturated heterocycles. The van der Waals surface area contributed by atoms with E-state index in [0.29, 0.717) is 12.5 Å². The summed E-state index contributed by atoms with van der Waals surface area (Å²) in [5, 5.41) is 6.59. The fraction of sp³-hybridized carbons (Fsp3) is 0.667. The van der Waals surface area contributed by atoms with Gasteiger partial charge in [0.1, 0.15) is 0 Å². The number of thioether (sulfide) groups is 1. The van der Waals surface area contributed by atoms with Gasteiger partial charge in [-0.15, -0.1) is 24.8 Å². The number of piperidine rings is 1. The molecule has 2 fully saturated rings. The number of aromatic nitrogens is 2. The van der Waals surface area contributed by atoms with Crippen molar-refractivity contribution in [1.82, 2.24) is 20.6 Å². The van der Waals surface area contributed by atoms with Gasteiger partial charge in [-0.25, -0.2) is 9.97 Å². The van der Waals surface area contributed by atoms with Crippen LogP contribution in [-0.2, 0) is 4.79 Å². The Morgan fingerprint density at radius 1 is 1.38 bits per heavy atom. The Morgan fingerprint density at radius 3 is 2.88 bits per heavy atom. The minimum atomic E-state index is 0. The summed E-state index contributed by atoms with van der Waals surface area (Å²) < 4.78 is 0. The first-order valence-electron chi connectivity index (χ1n) is 7.94. The summed E-state index contributed by atoms with van der Waals surface area (Å²) in [7, 11) is 0. The number of nitrogens with zero attached hydrogens (tertiary/aromatic N) is 3. The number of carbonyl (C=O) groups excluding carboxylic acids is 1. The van der Waals surface area contributed by atoms with Crippen molar-refractivity contribution >= 4 is 48.4 Å². The van der Waals surface area contributed by atoms with Crippen molar-refractivity contribution in [1.29, 1.82) is 0 Å². The maximum absolute atomic E-state index is 12.2. The Kier molecular flexibility index (Phi) is 9.73. The van der Waals surface area contributed by atoms with Gasteiger partial charge in [0, 0.05) is 62.0 Å². The van der Waals surface area contributed by atoms with Gasteiger partial charge in [0.25, 0.3) is 0 Å². The second-order valence-corrected chi connectivity index (χ2v) is 6.98. The number of nitrogens with one attached hydrogen (secondary N) is 2. The quantitative estimate of drug-likeness (QED) is 0.807. The number of carbonyl (C=O) groups is 1. The first-order chi connectivity index (χ1) is 10.8. The van der Waals surface area contributed by atoms with Crippen LogP contribution >= 0.6 is 36.6 Å². The highest BCUT2D eigenvalue weighted by Crippen LogP contribution is 2.16. The van der Waals surface area contributed by atoms with Gasteiger partial charge in [-0.05, 0) is 18.9 Å². The SMILES string of the molecule is Cl.Cl.O=C(CC1CSCCN1)NC1CCCN(c2ncccn2)C1. The minimum absolute atomic E-state index is 0. The van der Waals surface area contributed by atoms with Gasteiger partial charge in [0.15, 0.2) is 0 Å². The molecule has 2 atom stereocenters. The molecule has 3 heterocycles. The van der Waals surface area contributed by atoms with Crippen LogP contribution in [0.15, 0.2) is 18.5 Å². The Labute approximate surface area is 159 Å². The average molecular weight is 394 g/mol. The molecular formula is C15H25Cl2N5OS. The number of amides is 1. The molecule has 3 rings (SSSR count). The van der Waals surface area contributed by atoms with E-state index >= 15 is 0 Å². The largest absolute Gasteiger partial charge is 0.352 e. The number of halogens is 2. The molecule has 6 nitrogen and oxygen atoms in total. The summed E-state index contributed by atoms with van der Waals surface area (Å²) in [6.07, 6.45) is 6.18. The van der Waals surface area contributed by atoms with Crippen molar-refractivity contribution in [2.75, 3.05) is 36.0 Å². The molecule has 0 aliphatic carbocycles. The van der Waals surface area contributed by atoms with Crippen LogP contribution in [0, 0.1) is 0 Å². The molecule has 9 heteroatoms. The Bertz CT molecular complexity index is 490. The molecule has 24 heavy (non-hydrogen) atoms. The van der Waals surface area contributed by atoms with Gasteiger partial charge in [-0.3, -0.25) is 4.79 Å². The van der Waals surface area contributed by atoms with Crippen LogP contribution < -0.4 is 15.5 Å². The zero-order valence-corrected chi connectivity index (χ0v) is 16.0. The summed E-state index contributed by atoms with van der Waals surface area (Å²) in [6.45, 7) is 2.75. The van der Waals surface area contributed by atoms with Crippen molar-refractivity contribution in [3.8, 4) is 0 Å². The van der Waals surface area contributed by atoms with E-state index in [-0.39, 0.29) is 36.8 Å². The molecule has 2 aliphatic heterocycles. The molecule has 0 saturated carbocycles. The van der Waals surface area contributed by atoms with E-state index in [9.17, 15) is 4.79 Å². The Hall–Kier alpha value is -0.760. The number of rotatable bonds is 4. The van der Waals surface area contributed by atoms with Crippen molar-refractivity contribution in [2.24, 2.45) is 0 Å². The van der Waals surface area contributed by atoms with Gasteiger partial charge in [-0.2, -0.15) is 11.8 Å². The van der Waals surface area contributed by atoms with Crippen LogP contribution in [0.4, 0.5) is 5.95 Å². The van der Waals surface area contributed by atoms with E-state index in [4.69, 9.17) is 0 Å². The fourth-order valence-electron chi connectivity index (χ4n) is 2.99. The second-order valence-electron chi connectivity index (χ2n) is 5.83. The maximum atomic E-state index is 12.2. The molecule has 0 aromatic carbocycles. The molecule has 0 bridgehead atoms. The summed E-state index contributed by atoms with van der Waals surface area (Å²) >= 11 is 1.92. The topological polar surface area (TPSA) is 70.2 Å². The van der Waals surface area contributed by atoms with Gasteiger partial charge in [0.05, 0.1) is 0 Å². The lowest BCUT2D eigenvalue weighted by Gasteiger charge is -2.33. The minimum Gasteiger partial charge on any atom is -0.352 e. The van der Waals surface area contributed by atoms with E-state index < -0.39 is 0 Å². The third-order valence-corrected chi connectivity index (χ3v) is 5.18. The monoisotopic (exact) mass is 393 g/mol. The number of hydrogen-bond donors (Lipinski definition) is 2. The van der Waals surface area contributed by atoms with Gasteiger partial charge < -0.3 is 15.5 Å². The highest BCUT2D eigenvalue weighted by Gasteiger charge is 2.24. The number of anilines is 1. The zero-order valence-electron chi connectivity index (χ0n) is 13.5. The van der Waals surface area contributed by atoms with Crippen LogP contribution in [0.1, 0.15) is 19.3 Å². The van der Waals surface area contributed by atoms with E-state index in [1.165, 1.54) is 0 Å². The molecule has 2 unspecified atom stereocenters. The lowest BCUT2D eigenvalue weighted by Crippen LogP contribution is -2.50. The van der Waals surface area contributed by atoms with Crippen LogP contribution in [0.2, 0.25) is 0 Å². The summed E-state index contributed by atoms with van der Waals surface area (Å²) in [5.41, 5.74) is 0. The zero-order chi connectivity index (χ0) is 15.2. The number of hydrogen-bond acceptors (Lipinski definition) is 6. The normalized spacial score (nSPS) is 23.6. The summed E-state index contributed by atoms with van der Waals surface area (Å²) in [4.78, 5) is 23.0. The van der Waals surface area contributed by atoms with E-state index in [1.54, 1.807) is 12.4 Å². The summed E-state index contributed by atoms with van der Waals surface area (Å²) in [6, 6.07) is 2.33. The van der Waals surface area contributed by atoms with Crippen molar-refractivity contribution in [3.05, 3.63) is 18.5 Å². The third kappa shape index (κ3) is 6.27. The molecule has 136 valence electrons. The van der Waals surface area contributed by atoms with Crippen molar-refractivity contribution in [2.45, 2.75) is 31.3 Å². The third-order valence-electron chi connectivity index (χ3n) is 4.05. The summed E-state index contributed by atoms with van der Waals surface area (Å²) in [5.74, 6) is 3.09. The maximum Gasteiger partial charge on any atom is 0.225 e. The fourth-order valence-corrected chi connectivity index (χ4v) is 3.94.